The van der Waals surface area contributed by atoms with Gasteiger partial charge in [-0.05, 0) is 12.1 Å². The zero-order chi connectivity index (χ0) is 13.3. The van der Waals surface area contributed by atoms with Gasteiger partial charge in [0, 0.05) is 0 Å². The molecule has 0 aliphatic heterocycles. The van der Waals surface area contributed by atoms with E-state index in [1.54, 1.807) is 0 Å². The first-order chi connectivity index (χ1) is 8.54. The maximum absolute atomic E-state index is 13.4. The molecule has 8 heteroatoms. The Morgan fingerprint density at radius 3 is 2.67 bits per heavy atom. The lowest BCUT2D eigenvalue weighted by Crippen LogP contribution is -2.15. The SMILES string of the molecule is NC(CO)c1noc(-c2ccc(F)c(F)c2F)n1. The Hall–Kier alpha value is -1.93. The highest BCUT2D eigenvalue weighted by Gasteiger charge is 2.20. The second-order valence-corrected chi connectivity index (χ2v) is 3.47. The summed E-state index contributed by atoms with van der Waals surface area (Å²) in [4.78, 5) is 3.69. The Balaban J connectivity index is 2.43. The number of nitrogens with zero attached hydrogens (tertiary/aromatic N) is 2. The Labute approximate surface area is 99.0 Å². The average Bonchev–Trinajstić information content (AvgIpc) is 2.84. The fourth-order valence-electron chi connectivity index (χ4n) is 1.27. The molecule has 18 heavy (non-hydrogen) atoms. The minimum Gasteiger partial charge on any atom is -0.394 e. The van der Waals surface area contributed by atoms with Crippen molar-refractivity contribution < 1.29 is 22.8 Å². The normalized spacial score (nSPS) is 12.7. The number of aromatic nitrogens is 2. The minimum absolute atomic E-state index is 0.0587. The van der Waals surface area contributed by atoms with Crippen molar-refractivity contribution >= 4 is 0 Å². The van der Waals surface area contributed by atoms with Gasteiger partial charge >= 0.3 is 0 Å². The summed E-state index contributed by atoms with van der Waals surface area (Å²) in [5.74, 6) is -4.77. The molecule has 1 aromatic heterocycles. The summed E-state index contributed by atoms with van der Waals surface area (Å²) in [6, 6.07) is 0.815. The monoisotopic (exact) mass is 259 g/mol. The fraction of sp³-hybridized carbons (Fsp3) is 0.200. The van der Waals surface area contributed by atoms with E-state index >= 15 is 0 Å². The quantitative estimate of drug-likeness (QED) is 0.807. The molecule has 5 nitrogen and oxygen atoms in total. The molecule has 0 bridgehead atoms. The lowest BCUT2D eigenvalue weighted by molar-refractivity contribution is 0.260. The first-order valence-electron chi connectivity index (χ1n) is 4.88. The van der Waals surface area contributed by atoms with E-state index in [4.69, 9.17) is 10.8 Å². The molecule has 0 fully saturated rings. The number of halogens is 3. The van der Waals surface area contributed by atoms with Gasteiger partial charge in [0.2, 0.25) is 0 Å². The van der Waals surface area contributed by atoms with E-state index < -0.39 is 30.1 Å². The molecule has 1 aromatic carbocycles. The van der Waals surface area contributed by atoms with Gasteiger partial charge in [0.25, 0.3) is 5.89 Å². The number of aliphatic hydroxyl groups is 1. The largest absolute Gasteiger partial charge is 0.394 e. The van der Waals surface area contributed by atoms with Crippen LogP contribution >= 0.6 is 0 Å². The van der Waals surface area contributed by atoms with Gasteiger partial charge in [-0.15, -0.1) is 0 Å². The van der Waals surface area contributed by atoms with E-state index in [0.717, 1.165) is 12.1 Å². The standard InChI is InChI=1S/C10H8F3N3O2/c11-5-2-1-4(7(12)8(5)13)10-15-9(16-18-10)6(14)3-17/h1-2,6,17H,3,14H2. The Bertz CT molecular complexity index is 573. The molecule has 2 aromatic rings. The third-order valence-electron chi connectivity index (χ3n) is 2.24. The zero-order valence-corrected chi connectivity index (χ0v) is 8.90. The third kappa shape index (κ3) is 2.07. The molecule has 96 valence electrons. The van der Waals surface area contributed by atoms with Gasteiger partial charge in [-0.2, -0.15) is 4.98 Å². The average molecular weight is 259 g/mol. The number of rotatable bonds is 3. The molecule has 0 saturated carbocycles. The summed E-state index contributed by atoms with van der Waals surface area (Å²) in [6.07, 6.45) is 0. The molecule has 1 heterocycles. The molecule has 1 unspecified atom stereocenters. The number of nitrogens with two attached hydrogens (primary N) is 1. The van der Waals surface area contributed by atoms with Crippen LogP contribution in [0.25, 0.3) is 11.5 Å². The van der Waals surface area contributed by atoms with Crippen molar-refractivity contribution in [1.82, 2.24) is 10.1 Å². The molecule has 0 aliphatic carbocycles. The van der Waals surface area contributed by atoms with Crippen molar-refractivity contribution in [2.45, 2.75) is 6.04 Å². The number of hydrogen-bond donors (Lipinski definition) is 2. The summed E-state index contributed by atoms with van der Waals surface area (Å²) in [6.45, 7) is -0.431. The zero-order valence-electron chi connectivity index (χ0n) is 8.90. The number of hydrogen-bond acceptors (Lipinski definition) is 5. The molecular weight excluding hydrogens is 251 g/mol. The van der Waals surface area contributed by atoms with Gasteiger partial charge in [-0.1, -0.05) is 5.16 Å². The predicted molar refractivity (Wildman–Crippen MR) is 53.6 cm³/mol. The van der Waals surface area contributed by atoms with E-state index in [1.165, 1.54) is 0 Å². The highest BCUT2D eigenvalue weighted by Crippen LogP contribution is 2.25. The van der Waals surface area contributed by atoms with Crippen LogP contribution in [0.15, 0.2) is 16.7 Å². The number of aliphatic hydroxyl groups excluding tert-OH is 1. The molecule has 0 saturated heterocycles. The number of benzene rings is 1. The van der Waals surface area contributed by atoms with Crippen LogP contribution in [-0.4, -0.2) is 21.9 Å². The van der Waals surface area contributed by atoms with Gasteiger partial charge in [-0.3, -0.25) is 0 Å². The van der Waals surface area contributed by atoms with Crippen LogP contribution in [0.5, 0.6) is 0 Å². The van der Waals surface area contributed by atoms with Gasteiger partial charge in [-0.25, -0.2) is 13.2 Å². The second-order valence-electron chi connectivity index (χ2n) is 3.47. The van der Waals surface area contributed by atoms with Crippen molar-refractivity contribution in [3.8, 4) is 11.5 Å². The van der Waals surface area contributed by atoms with Gasteiger partial charge in [0.15, 0.2) is 23.3 Å². The summed E-state index contributed by atoms with van der Waals surface area (Å²) in [7, 11) is 0. The Morgan fingerprint density at radius 2 is 2.00 bits per heavy atom. The lowest BCUT2D eigenvalue weighted by Gasteiger charge is -2.00. The first kappa shape index (κ1) is 12.5. The second kappa shape index (κ2) is 4.75. The fourth-order valence-corrected chi connectivity index (χ4v) is 1.27. The van der Waals surface area contributed by atoms with E-state index in [2.05, 4.69) is 14.7 Å². The lowest BCUT2D eigenvalue weighted by atomic mass is 10.2. The highest BCUT2D eigenvalue weighted by atomic mass is 19.2. The summed E-state index contributed by atoms with van der Waals surface area (Å²) >= 11 is 0. The maximum atomic E-state index is 13.4. The predicted octanol–water partition coefficient (Wildman–Crippen LogP) is 1.15. The van der Waals surface area contributed by atoms with Crippen LogP contribution in [0.4, 0.5) is 13.2 Å². The molecule has 0 amide bonds. The molecule has 1 atom stereocenters. The molecule has 0 aliphatic rings. The van der Waals surface area contributed by atoms with Crippen LogP contribution in [0.3, 0.4) is 0 Å². The smallest absolute Gasteiger partial charge is 0.261 e. The van der Waals surface area contributed by atoms with Gasteiger partial charge in [0.05, 0.1) is 18.2 Å². The topological polar surface area (TPSA) is 85.2 Å². The minimum atomic E-state index is -1.63. The van der Waals surface area contributed by atoms with E-state index in [0.29, 0.717) is 0 Å². The van der Waals surface area contributed by atoms with E-state index in [-0.39, 0.29) is 17.3 Å². The third-order valence-corrected chi connectivity index (χ3v) is 2.24. The van der Waals surface area contributed by atoms with Crippen LogP contribution in [0.1, 0.15) is 11.9 Å². The molecule has 0 radical (unpaired) electrons. The Kier molecular flexibility index (Phi) is 3.30. The maximum Gasteiger partial charge on any atom is 0.261 e. The molecule has 0 spiro atoms. The van der Waals surface area contributed by atoms with Crippen LogP contribution < -0.4 is 5.73 Å². The summed E-state index contributed by atoms with van der Waals surface area (Å²) in [5, 5.41) is 12.2. The van der Waals surface area contributed by atoms with Crippen molar-refractivity contribution in [2.24, 2.45) is 5.73 Å². The van der Waals surface area contributed by atoms with E-state index in [9.17, 15) is 13.2 Å². The molecule has 2 rings (SSSR count). The van der Waals surface area contributed by atoms with E-state index in [1.807, 2.05) is 0 Å². The first-order valence-corrected chi connectivity index (χ1v) is 4.88. The summed E-state index contributed by atoms with van der Waals surface area (Å²) < 4.78 is 43.8. The van der Waals surface area contributed by atoms with Crippen molar-refractivity contribution in [3.63, 3.8) is 0 Å². The molecule has 3 N–H and O–H groups in total. The highest BCUT2D eigenvalue weighted by molar-refractivity contribution is 5.54. The van der Waals surface area contributed by atoms with Crippen molar-refractivity contribution in [1.29, 1.82) is 0 Å². The van der Waals surface area contributed by atoms with Crippen LogP contribution in [0, 0.1) is 17.5 Å². The molecular formula is C10H8F3N3O2. The van der Waals surface area contributed by atoms with Crippen LogP contribution in [0.2, 0.25) is 0 Å². The Morgan fingerprint density at radius 1 is 1.28 bits per heavy atom. The van der Waals surface area contributed by atoms with Gasteiger partial charge < -0.3 is 15.4 Å². The van der Waals surface area contributed by atoms with Crippen LogP contribution in [-0.2, 0) is 0 Å². The van der Waals surface area contributed by atoms with Crippen molar-refractivity contribution in [3.05, 3.63) is 35.4 Å². The summed E-state index contributed by atoms with van der Waals surface area (Å²) in [5.41, 5.74) is 5.04. The van der Waals surface area contributed by atoms with Gasteiger partial charge in [0.1, 0.15) is 0 Å². The van der Waals surface area contributed by atoms with Crippen molar-refractivity contribution in [2.75, 3.05) is 6.61 Å².